The Morgan fingerprint density at radius 3 is 2.65 bits per heavy atom. The number of benzene rings is 2. The fraction of sp³-hybridized carbons (Fsp3) is 0.263. The van der Waals surface area contributed by atoms with Gasteiger partial charge in [0.2, 0.25) is 5.91 Å². The van der Waals surface area contributed by atoms with Crippen molar-refractivity contribution >= 4 is 23.0 Å². The van der Waals surface area contributed by atoms with Gasteiger partial charge in [0.25, 0.3) is 0 Å². The number of carbonyl (C=O) groups is 1. The van der Waals surface area contributed by atoms with Gasteiger partial charge in [-0.25, -0.2) is 4.85 Å². The van der Waals surface area contributed by atoms with E-state index < -0.39 is 0 Å². The Hall–Kier alpha value is -2.80. The molecule has 116 valence electrons. The van der Waals surface area contributed by atoms with Gasteiger partial charge < -0.3 is 10.2 Å². The van der Waals surface area contributed by atoms with Crippen molar-refractivity contribution < 1.29 is 4.79 Å². The minimum Gasteiger partial charge on any atom is -0.378 e. The Morgan fingerprint density at radius 2 is 2.00 bits per heavy atom. The number of para-hydroxylation sites is 1. The SMILES string of the molecule is [C-]#[N+]c1ccc2c(c1)N(C(C)=O)C(C)CC2Nc1ccccc1. The molecule has 4 nitrogen and oxygen atoms in total. The number of hydrogen-bond acceptors (Lipinski definition) is 2. The van der Waals surface area contributed by atoms with Crippen LogP contribution in [-0.2, 0) is 4.79 Å². The first-order valence-electron chi connectivity index (χ1n) is 7.73. The summed E-state index contributed by atoms with van der Waals surface area (Å²) >= 11 is 0. The van der Waals surface area contributed by atoms with E-state index in [0.717, 1.165) is 23.4 Å². The minimum absolute atomic E-state index is 0.0130. The van der Waals surface area contributed by atoms with E-state index >= 15 is 0 Å². The zero-order valence-corrected chi connectivity index (χ0v) is 13.3. The highest BCUT2D eigenvalue weighted by molar-refractivity contribution is 5.94. The Kier molecular flexibility index (Phi) is 4.03. The molecule has 1 amide bonds. The minimum atomic E-state index is 0.0130. The summed E-state index contributed by atoms with van der Waals surface area (Å²) in [5, 5.41) is 3.55. The summed E-state index contributed by atoms with van der Waals surface area (Å²) < 4.78 is 0. The third-order valence-corrected chi connectivity index (χ3v) is 4.25. The number of anilines is 2. The molecule has 0 aromatic heterocycles. The molecule has 2 unspecified atom stereocenters. The molecule has 1 aliphatic heterocycles. The van der Waals surface area contributed by atoms with Crippen molar-refractivity contribution in [1.82, 2.24) is 0 Å². The molecule has 2 aromatic rings. The Morgan fingerprint density at radius 1 is 1.26 bits per heavy atom. The quantitative estimate of drug-likeness (QED) is 0.827. The van der Waals surface area contributed by atoms with E-state index in [4.69, 9.17) is 6.57 Å². The highest BCUT2D eigenvalue weighted by atomic mass is 16.2. The van der Waals surface area contributed by atoms with Crippen LogP contribution >= 0.6 is 0 Å². The number of nitrogens with zero attached hydrogens (tertiary/aromatic N) is 2. The summed E-state index contributed by atoms with van der Waals surface area (Å²) in [6, 6.07) is 15.9. The number of carbonyl (C=O) groups excluding carboxylic acids is 1. The topological polar surface area (TPSA) is 36.7 Å². The molecule has 2 atom stereocenters. The molecule has 0 spiro atoms. The fourth-order valence-corrected chi connectivity index (χ4v) is 3.27. The van der Waals surface area contributed by atoms with Gasteiger partial charge in [-0.2, -0.15) is 0 Å². The smallest absolute Gasteiger partial charge is 0.224 e. The lowest BCUT2D eigenvalue weighted by Gasteiger charge is -2.39. The molecule has 0 fully saturated rings. The average molecular weight is 305 g/mol. The van der Waals surface area contributed by atoms with Crippen molar-refractivity contribution in [3.05, 3.63) is 65.5 Å². The monoisotopic (exact) mass is 305 g/mol. The van der Waals surface area contributed by atoms with Crippen LogP contribution in [0.3, 0.4) is 0 Å². The molecule has 1 aliphatic rings. The van der Waals surface area contributed by atoms with Crippen LogP contribution in [0.2, 0.25) is 0 Å². The Labute approximate surface area is 136 Å². The predicted molar refractivity (Wildman–Crippen MR) is 92.7 cm³/mol. The molecule has 1 heterocycles. The molecular formula is C19H19N3O. The summed E-state index contributed by atoms with van der Waals surface area (Å²) in [7, 11) is 0. The van der Waals surface area contributed by atoms with Crippen LogP contribution in [0.1, 0.15) is 31.9 Å². The van der Waals surface area contributed by atoms with Crippen LogP contribution in [0, 0.1) is 6.57 Å². The first kappa shape index (κ1) is 15.1. The Bertz CT molecular complexity index is 764. The first-order chi connectivity index (χ1) is 11.1. The third-order valence-electron chi connectivity index (χ3n) is 4.25. The third kappa shape index (κ3) is 2.91. The second-order valence-corrected chi connectivity index (χ2v) is 5.89. The van der Waals surface area contributed by atoms with Gasteiger partial charge in [0.1, 0.15) is 0 Å². The molecule has 0 saturated carbocycles. The maximum atomic E-state index is 12.1. The van der Waals surface area contributed by atoms with Gasteiger partial charge >= 0.3 is 0 Å². The zero-order valence-electron chi connectivity index (χ0n) is 13.3. The van der Waals surface area contributed by atoms with Gasteiger partial charge in [0.15, 0.2) is 5.69 Å². The van der Waals surface area contributed by atoms with E-state index in [1.54, 1.807) is 11.8 Å². The molecule has 0 aliphatic carbocycles. The Balaban J connectivity index is 2.03. The summed E-state index contributed by atoms with van der Waals surface area (Å²) in [4.78, 5) is 17.4. The largest absolute Gasteiger partial charge is 0.378 e. The second kappa shape index (κ2) is 6.13. The van der Waals surface area contributed by atoms with E-state index in [9.17, 15) is 4.79 Å². The molecule has 2 aromatic carbocycles. The standard InChI is InChI=1S/C19H19N3O/c1-13-11-18(21-15-7-5-4-6-8-15)17-10-9-16(20-3)12-19(17)22(13)14(2)23/h4-10,12-13,18,21H,11H2,1-2H3. The van der Waals surface area contributed by atoms with Crippen molar-refractivity contribution in [2.24, 2.45) is 0 Å². The summed E-state index contributed by atoms with van der Waals surface area (Å²) in [5.74, 6) is 0.0130. The maximum absolute atomic E-state index is 12.1. The van der Waals surface area contributed by atoms with Gasteiger partial charge in [-0.3, -0.25) is 4.79 Å². The van der Waals surface area contributed by atoms with Crippen molar-refractivity contribution in [2.45, 2.75) is 32.4 Å². The number of fused-ring (bicyclic) bond motifs is 1. The van der Waals surface area contributed by atoms with Crippen molar-refractivity contribution in [2.75, 3.05) is 10.2 Å². The molecule has 0 radical (unpaired) electrons. The normalized spacial score (nSPS) is 19.6. The van der Waals surface area contributed by atoms with Crippen LogP contribution in [0.5, 0.6) is 0 Å². The van der Waals surface area contributed by atoms with Crippen LogP contribution in [0.4, 0.5) is 17.1 Å². The lowest BCUT2D eigenvalue weighted by molar-refractivity contribution is -0.117. The average Bonchev–Trinajstić information content (AvgIpc) is 2.54. The van der Waals surface area contributed by atoms with Crippen LogP contribution in [0.15, 0.2) is 48.5 Å². The van der Waals surface area contributed by atoms with Crippen LogP contribution < -0.4 is 10.2 Å². The van der Waals surface area contributed by atoms with Gasteiger partial charge in [-0.15, -0.1) is 0 Å². The molecular weight excluding hydrogens is 286 g/mol. The van der Waals surface area contributed by atoms with Gasteiger partial charge in [-0.1, -0.05) is 30.3 Å². The lowest BCUT2D eigenvalue weighted by Crippen LogP contribution is -2.43. The number of rotatable bonds is 2. The van der Waals surface area contributed by atoms with E-state index in [0.29, 0.717) is 5.69 Å². The van der Waals surface area contributed by atoms with Gasteiger partial charge in [0.05, 0.1) is 12.6 Å². The van der Waals surface area contributed by atoms with E-state index in [-0.39, 0.29) is 18.0 Å². The van der Waals surface area contributed by atoms with Crippen molar-refractivity contribution in [3.8, 4) is 0 Å². The van der Waals surface area contributed by atoms with Crippen molar-refractivity contribution in [3.63, 3.8) is 0 Å². The second-order valence-electron chi connectivity index (χ2n) is 5.89. The van der Waals surface area contributed by atoms with Crippen molar-refractivity contribution in [1.29, 1.82) is 0 Å². The molecule has 0 saturated heterocycles. The zero-order chi connectivity index (χ0) is 16.4. The van der Waals surface area contributed by atoms with E-state index in [2.05, 4.69) is 17.1 Å². The summed E-state index contributed by atoms with van der Waals surface area (Å²) in [5.41, 5.74) is 3.52. The number of hydrogen-bond donors (Lipinski definition) is 1. The van der Waals surface area contributed by atoms with E-state index in [1.807, 2.05) is 48.5 Å². The highest BCUT2D eigenvalue weighted by Crippen LogP contribution is 2.40. The van der Waals surface area contributed by atoms with Gasteiger partial charge in [0, 0.05) is 24.3 Å². The molecule has 3 rings (SSSR count). The maximum Gasteiger partial charge on any atom is 0.224 e. The lowest BCUT2D eigenvalue weighted by atomic mass is 9.91. The number of nitrogens with one attached hydrogen (secondary N) is 1. The van der Waals surface area contributed by atoms with Gasteiger partial charge in [-0.05, 0) is 37.1 Å². The van der Waals surface area contributed by atoms with Crippen LogP contribution in [-0.4, -0.2) is 11.9 Å². The molecule has 23 heavy (non-hydrogen) atoms. The molecule has 4 heteroatoms. The summed E-state index contributed by atoms with van der Waals surface area (Å²) in [6.07, 6.45) is 0.832. The predicted octanol–water partition coefficient (Wildman–Crippen LogP) is 4.54. The fourth-order valence-electron chi connectivity index (χ4n) is 3.27. The molecule has 0 bridgehead atoms. The first-order valence-corrected chi connectivity index (χ1v) is 7.73. The van der Waals surface area contributed by atoms with E-state index in [1.165, 1.54) is 0 Å². The number of amides is 1. The summed E-state index contributed by atoms with van der Waals surface area (Å²) in [6.45, 7) is 10.8. The highest BCUT2D eigenvalue weighted by Gasteiger charge is 2.32. The van der Waals surface area contributed by atoms with Crippen LogP contribution in [0.25, 0.3) is 4.85 Å². The molecule has 1 N–H and O–H groups in total.